The molecule has 0 radical (unpaired) electrons. The van der Waals surface area contributed by atoms with Crippen molar-refractivity contribution in [3.63, 3.8) is 0 Å². The second-order valence-electron chi connectivity index (χ2n) is 5.10. The molecule has 2 heterocycles. The summed E-state index contributed by atoms with van der Waals surface area (Å²) in [6.45, 7) is 2.00. The van der Waals surface area contributed by atoms with Crippen LogP contribution in [0.25, 0.3) is 12.2 Å². The number of thiophene rings is 2. The second-order valence-corrected chi connectivity index (χ2v) is 7.03. The van der Waals surface area contributed by atoms with Crippen molar-refractivity contribution in [2.75, 3.05) is 0 Å². The molecule has 23 heavy (non-hydrogen) atoms. The van der Waals surface area contributed by atoms with Gasteiger partial charge in [0.2, 0.25) is 0 Å². The van der Waals surface area contributed by atoms with Gasteiger partial charge < -0.3 is 0 Å². The van der Waals surface area contributed by atoms with Gasteiger partial charge in [0.1, 0.15) is 0 Å². The van der Waals surface area contributed by atoms with E-state index in [2.05, 4.69) is 18.2 Å². The van der Waals surface area contributed by atoms with Crippen molar-refractivity contribution in [1.82, 2.24) is 0 Å². The molecular formula is C19H14O2S2. The van der Waals surface area contributed by atoms with Crippen LogP contribution in [0.1, 0.15) is 41.6 Å². The molecule has 0 amide bonds. The van der Waals surface area contributed by atoms with Gasteiger partial charge in [-0.2, -0.15) is 0 Å². The Labute approximate surface area is 142 Å². The van der Waals surface area contributed by atoms with Crippen LogP contribution in [0, 0.1) is 6.92 Å². The molecule has 1 aromatic carbocycles. The molecule has 0 aliphatic heterocycles. The highest BCUT2D eigenvalue weighted by molar-refractivity contribution is 7.12. The van der Waals surface area contributed by atoms with Crippen molar-refractivity contribution in [1.29, 1.82) is 0 Å². The topological polar surface area (TPSA) is 34.1 Å². The summed E-state index contributed by atoms with van der Waals surface area (Å²) < 4.78 is 0. The van der Waals surface area contributed by atoms with Crippen LogP contribution in [-0.2, 0) is 0 Å². The summed E-state index contributed by atoms with van der Waals surface area (Å²) in [4.78, 5) is 25.0. The normalized spacial score (nSPS) is 11.0. The Kier molecular flexibility index (Phi) is 4.65. The number of hydrogen-bond donors (Lipinski definition) is 0. The molecule has 0 bridgehead atoms. The molecule has 0 saturated carbocycles. The van der Waals surface area contributed by atoms with E-state index >= 15 is 0 Å². The maximum atomic E-state index is 12.5. The lowest BCUT2D eigenvalue weighted by molar-refractivity contribution is 0.103. The zero-order valence-corrected chi connectivity index (χ0v) is 14.1. The maximum Gasteiger partial charge on any atom is 0.193 e. The molecule has 4 heteroatoms. The van der Waals surface area contributed by atoms with Crippen LogP contribution in [0.3, 0.4) is 0 Å². The average molecular weight is 338 g/mol. The second kappa shape index (κ2) is 6.86. The molecule has 0 fully saturated rings. The first-order valence-corrected chi connectivity index (χ1v) is 8.84. The van der Waals surface area contributed by atoms with Gasteiger partial charge in [-0.25, -0.2) is 0 Å². The largest absolute Gasteiger partial charge is 0.297 e. The minimum absolute atomic E-state index is 0.0498. The van der Waals surface area contributed by atoms with Crippen LogP contribution in [0.15, 0.2) is 47.2 Å². The molecule has 0 atom stereocenters. The minimum atomic E-state index is -0.0498. The van der Waals surface area contributed by atoms with E-state index in [4.69, 9.17) is 0 Å². The number of carbonyl (C=O) groups is 2. The van der Waals surface area contributed by atoms with Gasteiger partial charge in [0, 0.05) is 21.4 Å². The third kappa shape index (κ3) is 3.55. The molecule has 0 aliphatic carbocycles. The molecule has 3 rings (SSSR count). The van der Waals surface area contributed by atoms with E-state index in [1.165, 1.54) is 16.2 Å². The van der Waals surface area contributed by atoms with Crippen LogP contribution in [0.4, 0.5) is 0 Å². The molecule has 0 spiro atoms. The van der Waals surface area contributed by atoms with Crippen LogP contribution in [0.2, 0.25) is 0 Å². The van der Waals surface area contributed by atoms with E-state index in [1.54, 1.807) is 22.8 Å². The van der Waals surface area contributed by atoms with Gasteiger partial charge >= 0.3 is 0 Å². The predicted molar refractivity (Wildman–Crippen MR) is 97.6 cm³/mol. The fourth-order valence-corrected chi connectivity index (χ4v) is 3.57. The number of aryl methyl sites for hydroxylation is 1. The lowest BCUT2D eigenvalue weighted by atomic mass is 9.99. The smallest absolute Gasteiger partial charge is 0.193 e. The molecule has 3 aromatic rings. The van der Waals surface area contributed by atoms with E-state index in [0.29, 0.717) is 16.0 Å². The van der Waals surface area contributed by atoms with E-state index in [9.17, 15) is 9.59 Å². The van der Waals surface area contributed by atoms with Gasteiger partial charge in [-0.1, -0.05) is 24.3 Å². The Morgan fingerprint density at radius 3 is 2.52 bits per heavy atom. The van der Waals surface area contributed by atoms with E-state index < -0.39 is 0 Å². The molecule has 114 valence electrons. The summed E-state index contributed by atoms with van der Waals surface area (Å²) >= 11 is 2.98. The lowest BCUT2D eigenvalue weighted by Crippen LogP contribution is -2.00. The Balaban J connectivity index is 1.83. The van der Waals surface area contributed by atoms with Crippen molar-refractivity contribution < 1.29 is 9.59 Å². The fourth-order valence-electron chi connectivity index (χ4n) is 2.26. The van der Waals surface area contributed by atoms with Gasteiger partial charge in [0.05, 0.1) is 4.88 Å². The molecule has 2 nitrogen and oxygen atoms in total. The van der Waals surface area contributed by atoms with Gasteiger partial charge in [-0.05, 0) is 47.7 Å². The molecule has 0 N–H and O–H groups in total. The Bertz CT molecular complexity index is 871. The molecule has 0 aliphatic rings. The number of rotatable bonds is 5. The predicted octanol–water partition coefficient (Wildman–Crippen LogP) is 5.33. The van der Waals surface area contributed by atoms with Crippen molar-refractivity contribution in [3.05, 3.63) is 79.2 Å². The highest BCUT2D eigenvalue weighted by Crippen LogP contribution is 2.21. The SMILES string of the molecule is Cc1cc(C(=O)c2csc(C=O)c2)ccc1C=Cc1cccs1. The first-order chi connectivity index (χ1) is 11.2. The first-order valence-electron chi connectivity index (χ1n) is 7.08. The monoisotopic (exact) mass is 338 g/mol. The summed E-state index contributed by atoms with van der Waals surface area (Å²) in [6, 6.07) is 11.4. The lowest BCUT2D eigenvalue weighted by Gasteiger charge is -2.04. The van der Waals surface area contributed by atoms with E-state index in [1.807, 2.05) is 36.6 Å². The third-order valence-corrected chi connectivity index (χ3v) is 5.20. The quantitative estimate of drug-likeness (QED) is 0.465. The number of carbonyl (C=O) groups excluding carboxylic acids is 2. The van der Waals surface area contributed by atoms with E-state index in [-0.39, 0.29) is 5.78 Å². The van der Waals surface area contributed by atoms with Crippen LogP contribution in [-0.4, -0.2) is 12.1 Å². The van der Waals surface area contributed by atoms with Crippen LogP contribution >= 0.6 is 22.7 Å². The summed E-state index contributed by atoms with van der Waals surface area (Å²) in [5, 5.41) is 3.77. The zero-order valence-electron chi connectivity index (χ0n) is 12.5. The fraction of sp³-hybridized carbons (Fsp3) is 0.0526. The van der Waals surface area contributed by atoms with Crippen LogP contribution < -0.4 is 0 Å². The van der Waals surface area contributed by atoms with Crippen molar-refractivity contribution in [3.8, 4) is 0 Å². The molecule has 2 aromatic heterocycles. The van der Waals surface area contributed by atoms with Gasteiger partial charge in [-0.15, -0.1) is 22.7 Å². The Hall–Kier alpha value is -2.30. The van der Waals surface area contributed by atoms with Crippen molar-refractivity contribution in [2.24, 2.45) is 0 Å². The summed E-state index contributed by atoms with van der Waals surface area (Å²) in [5.41, 5.74) is 3.35. The average Bonchev–Trinajstić information content (AvgIpc) is 3.24. The number of ketones is 1. The Morgan fingerprint density at radius 2 is 1.87 bits per heavy atom. The number of aldehydes is 1. The van der Waals surface area contributed by atoms with Crippen molar-refractivity contribution in [2.45, 2.75) is 6.92 Å². The maximum absolute atomic E-state index is 12.5. The van der Waals surface area contributed by atoms with E-state index in [0.717, 1.165) is 17.4 Å². The first kappa shape index (κ1) is 15.6. The minimum Gasteiger partial charge on any atom is -0.297 e. The zero-order chi connectivity index (χ0) is 16.2. The number of benzene rings is 1. The third-order valence-electron chi connectivity index (χ3n) is 3.50. The van der Waals surface area contributed by atoms with Crippen molar-refractivity contribution >= 4 is 46.9 Å². The highest BCUT2D eigenvalue weighted by atomic mass is 32.1. The molecule has 0 unspecified atom stereocenters. The Morgan fingerprint density at radius 1 is 1.00 bits per heavy atom. The number of hydrogen-bond acceptors (Lipinski definition) is 4. The van der Waals surface area contributed by atoms with Gasteiger partial charge in [-0.3, -0.25) is 9.59 Å². The summed E-state index contributed by atoms with van der Waals surface area (Å²) in [5.74, 6) is -0.0498. The van der Waals surface area contributed by atoms with Crippen LogP contribution in [0.5, 0.6) is 0 Å². The highest BCUT2D eigenvalue weighted by Gasteiger charge is 2.12. The molecular weight excluding hydrogens is 324 g/mol. The summed E-state index contributed by atoms with van der Waals surface area (Å²) in [7, 11) is 0. The standard InChI is InChI=1S/C19H14O2S2/c1-13-9-15(19(21)16-10-18(11-20)23-12-16)5-4-14(13)6-7-17-3-2-8-22-17/h2-12H,1H3. The van der Waals surface area contributed by atoms with Gasteiger partial charge in [0.25, 0.3) is 0 Å². The summed E-state index contributed by atoms with van der Waals surface area (Å²) in [6.07, 6.45) is 4.90. The van der Waals surface area contributed by atoms with Gasteiger partial charge in [0.15, 0.2) is 12.1 Å². The molecule has 0 saturated heterocycles.